The first-order valence-corrected chi connectivity index (χ1v) is 17.0. The van der Waals surface area contributed by atoms with Gasteiger partial charge in [0.15, 0.2) is 11.5 Å². The van der Waals surface area contributed by atoms with Crippen LogP contribution in [0.4, 0.5) is 0 Å². The Morgan fingerprint density at radius 1 is 1.02 bits per heavy atom. The summed E-state index contributed by atoms with van der Waals surface area (Å²) in [5, 5.41) is 7.35. The van der Waals surface area contributed by atoms with E-state index in [4.69, 9.17) is 9.47 Å². The van der Waals surface area contributed by atoms with Crippen LogP contribution in [0.25, 0.3) is 5.78 Å². The van der Waals surface area contributed by atoms with Crippen molar-refractivity contribution in [2.75, 3.05) is 40.4 Å². The van der Waals surface area contributed by atoms with Crippen LogP contribution in [-0.2, 0) is 33.6 Å². The molecule has 0 spiro atoms. The number of carbonyl (C=O) groups is 3. The number of amides is 3. The van der Waals surface area contributed by atoms with Gasteiger partial charge < -0.3 is 24.6 Å². The Labute approximate surface area is 276 Å². The van der Waals surface area contributed by atoms with E-state index >= 15 is 0 Å². The molecule has 1 N–H and O–H groups in total. The van der Waals surface area contributed by atoms with Crippen LogP contribution in [0.5, 0.6) is 11.5 Å². The number of hydrogen-bond donors (Lipinski definition) is 1. The molecule has 12 nitrogen and oxygen atoms in total. The van der Waals surface area contributed by atoms with Gasteiger partial charge in [0.05, 0.1) is 14.2 Å². The number of fused-ring (bicyclic) bond motifs is 7. The molecule has 3 aliphatic heterocycles. The number of aryl methyl sites for hydroxylation is 4. The fourth-order valence-corrected chi connectivity index (χ4v) is 8.01. The van der Waals surface area contributed by atoms with Crippen molar-refractivity contribution < 1.29 is 23.9 Å². The number of nitrogens with one attached hydrogen (secondary N) is 1. The number of aromatic nitrogens is 4. The molecule has 0 aliphatic carbocycles. The molecule has 6 rings (SSSR count). The smallest absolute Gasteiger partial charge is 0.252 e. The highest BCUT2D eigenvalue weighted by molar-refractivity contribution is 5.78. The van der Waals surface area contributed by atoms with Gasteiger partial charge in [-0.15, -0.1) is 0 Å². The first-order chi connectivity index (χ1) is 22.7. The third kappa shape index (κ3) is 7.06. The summed E-state index contributed by atoms with van der Waals surface area (Å²) in [7, 11) is 3.27. The lowest BCUT2D eigenvalue weighted by molar-refractivity contribution is -0.145. The first-order valence-electron chi connectivity index (χ1n) is 17.0. The summed E-state index contributed by atoms with van der Waals surface area (Å²) in [4.78, 5) is 53.2. The predicted octanol–water partition coefficient (Wildman–Crippen LogP) is 3.23. The van der Waals surface area contributed by atoms with Crippen molar-refractivity contribution in [2.45, 2.75) is 84.1 Å². The SMILES string of the molecule is COc1cc2cc(c1OC)CCCNC(=O)CCC[C@H]1[C@@H]3C[C@@H](CN(C(=O)CCc4c(C)nc5ncnn5c4C)C3)CN1C(=O)CC2. The zero-order valence-corrected chi connectivity index (χ0v) is 28.1. The quantitative estimate of drug-likeness (QED) is 0.448. The molecule has 1 aromatic carbocycles. The summed E-state index contributed by atoms with van der Waals surface area (Å²) in [6, 6.07) is 4.08. The highest BCUT2D eigenvalue weighted by Gasteiger charge is 2.43. The van der Waals surface area contributed by atoms with Gasteiger partial charge in [-0.1, -0.05) is 6.07 Å². The molecule has 2 saturated heterocycles. The molecule has 3 aliphatic rings. The van der Waals surface area contributed by atoms with E-state index in [0.29, 0.717) is 82.0 Å². The van der Waals surface area contributed by atoms with Gasteiger partial charge in [-0.2, -0.15) is 10.1 Å². The summed E-state index contributed by atoms with van der Waals surface area (Å²) >= 11 is 0. The topological polar surface area (TPSA) is 131 Å². The van der Waals surface area contributed by atoms with Crippen LogP contribution in [0, 0.1) is 25.7 Å². The zero-order valence-electron chi connectivity index (χ0n) is 28.1. The monoisotopic (exact) mass is 645 g/mol. The number of rotatable bonds is 5. The van der Waals surface area contributed by atoms with Crippen LogP contribution in [0.3, 0.4) is 0 Å². The van der Waals surface area contributed by atoms with Crippen molar-refractivity contribution in [3.8, 4) is 11.5 Å². The fourth-order valence-electron chi connectivity index (χ4n) is 8.01. The highest BCUT2D eigenvalue weighted by atomic mass is 16.5. The summed E-state index contributed by atoms with van der Waals surface area (Å²) in [5.74, 6) is 2.65. The molecule has 0 saturated carbocycles. The molecule has 2 fully saturated rings. The van der Waals surface area contributed by atoms with E-state index in [0.717, 1.165) is 53.8 Å². The van der Waals surface area contributed by atoms with Crippen molar-refractivity contribution in [3.63, 3.8) is 0 Å². The van der Waals surface area contributed by atoms with E-state index in [1.165, 1.54) is 6.33 Å². The number of hydrogen-bond acceptors (Lipinski definition) is 8. The van der Waals surface area contributed by atoms with Crippen LogP contribution in [-0.4, -0.2) is 93.5 Å². The maximum Gasteiger partial charge on any atom is 0.252 e. The summed E-state index contributed by atoms with van der Waals surface area (Å²) in [5.41, 5.74) is 4.92. The lowest BCUT2D eigenvalue weighted by atomic mass is 9.77. The van der Waals surface area contributed by atoms with E-state index in [1.807, 2.05) is 24.8 Å². The molecular weight excluding hydrogens is 598 g/mol. The Kier molecular flexibility index (Phi) is 9.93. The normalized spacial score (nSPS) is 22.5. The molecule has 5 heterocycles. The second-order valence-electron chi connectivity index (χ2n) is 13.3. The third-order valence-electron chi connectivity index (χ3n) is 10.3. The molecule has 252 valence electrons. The summed E-state index contributed by atoms with van der Waals surface area (Å²) < 4.78 is 13.0. The number of nitrogens with zero attached hydrogens (tertiary/aromatic N) is 6. The van der Waals surface area contributed by atoms with Gasteiger partial charge in [0.1, 0.15) is 6.33 Å². The highest BCUT2D eigenvalue weighted by Crippen LogP contribution is 2.37. The number of methoxy groups -OCH3 is 2. The summed E-state index contributed by atoms with van der Waals surface area (Å²) in [6.07, 6.45) is 7.88. The molecule has 3 amide bonds. The molecule has 0 radical (unpaired) electrons. The standard InChI is InChI=1S/C35H47N7O5/c1-22-28(23(2)42-35(39-22)37-21-38-42)11-13-32(44)40-18-25-16-27(20-40)29-8-5-9-31(43)36-14-6-7-26-15-24(10-12-33(45)41(29)19-25)17-30(46-3)34(26)47-4/h15,17,21,25,27,29H,5-14,16,18-20H2,1-4H3,(H,36,43)/t25-,27+,29-/m0/s1. The van der Waals surface area contributed by atoms with Gasteiger partial charge in [-0.05, 0) is 93.4 Å². The van der Waals surface area contributed by atoms with Gasteiger partial charge in [-0.25, -0.2) is 9.50 Å². The lowest BCUT2D eigenvalue weighted by Crippen LogP contribution is -2.60. The van der Waals surface area contributed by atoms with Gasteiger partial charge in [-0.3, -0.25) is 14.4 Å². The van der Waals surface area contributed by atoms with Crippen molar-refractivity contribution >= 4 is 23.5 Å². The van der Waals surface area contributed by atoms with E-state index in [9.17, 15) is 14.4 Å². The second kappa shape index (κ2) is 14.3. The van der Waals surface area contributed by atoms with E-state index in [1.54, 1.807) is 18.7 Å². The van der Waals surface area contributed by atoms with Gasteiger partial charge in [0, 0.05) is 62.9 Å². The van der Waals surface area contributed by atoms with E-state index < -0.39 is 0 Å². The minimum absolute atomic E-state index is 0.000526. The minimum Gasteiger partial charge on any atom is -0.493 e. The number of benzene rings is 1. The largest absolute Gasteiger partial charge is 0.493 e. The molecule has 2 aromatic heterocycles. The van der Waals surface area contributed by atoms with E-state index in [2.05, 4.69) is 31.3 Å². The Morgan fingerprint density at radius 2 is 1.87 bits per heavy atom. The van der Waals surface area contributed by atoms with Crippen LogP contribution >= 0.6 is 0 Å². The molecule has 47 heavy (non-hydrogen) atoms. The fraction of sp³-hybridized carbons (Fsp3) is 0.600. The molecule has 0 unspecified atom stereocenters. The number of carbonyl (C=O) groups excluding carboxylic acids is 3. The molecule has 3 atom stereocenters. The average molecular weight is 646 g/mol. The van der Waals surface area contributed by atoms with E-state index in [-0.39, 0.29) is 35.6 Å². The summed E-state index contributed by atoms with van der Waals surface area (Å²) in [6.45, 7) is 6.47. The molecular formula is C35H47N7O5. The minimum atomic E-state index is -0.000526. The number of ether oxygens (including phenoxy) is 2. The molecule has 12 heteroatoms. The maximum absolute atomic E-state index is 13.9. The number of likely N-dealkylation sites (tertiary alicyclic amines) is 1. The first kappa shape index (κ1) is 32.7. The second-order valence-corrected chi connectivity index (χ2v) is 13.3. The molecule has 4 bridgehead atoms. The Balaban J connectivity index is 1.17. The predicted molar refractivity (Wildman–Crippen MR) is 175 cm³/mol. The van der Waals surface area contributed by atoms with Crippen molar-refractivity contribution in [3.05, 3.63) is 46.5 Å². The molecule has 3 aromatic rings. The van der Waals surface area contributed by atoms with Gasteiger partial charge >= 0.3 is 0 Å². The van der Waals surface area contributed by atoms with Crippen LogP contribution in [0.2, 0.25) is 0 Å². The van der Waals surface area contributed by atoms with Crippen molar-refractivity contribution in [2.24, 2.45) is 11.8 Å². The Morgan fingerprint density at radius 3 is 2.68 bits per heavy atom. The Hall–Kier alpha value is -4.22. The Bertz CT molecular complexity index is 1640. The zero-order chi connectivity index (χ0) is 33.1. The number of piperidine rings is 2. The van der Waals surface area contributed by atoms with Gasteiger partial charge in [0.25, 0.3) is 5.78 Å². The van der Waals surface area contributed by atoms with Crippen molar-refractivity contribution in [1.29, 1.82) is 0 Å². The maximum atomic E-state index is 13.9. The van der Waals surface area contributed by atoms with Gasteiger partial charge in [0.2, 0.25) is 17.7 Å². The van der Waals surface area contributed by atoms with Crippen LogP contribution in [0.1, 0.15) is 73.0 Å². The lowest BCUT2D eigenvalue weighted by Gasteiger charge is -2.51. The third-order valence-corrected chi connectivity index (χ3v) is 10.3. The van der Waals surface area contributed by atoms with Crippen molar-refractivity contribution in [1.82, 2.24) is 34.7 Å². The van der Waals surface area contributed by atoms with Crippen LogP contribution < -0.4 is 14.8 Å². The van der Waals surface area contributed by atoms with Crippen LogP contribution in [0.15, 0.2) is 18.5 Å². The average Bonchev–Trinajstić information content (AvgIpc) is 3.54.